The molecule has 1 aromatic heterocycles. The van der Waals surface area contributed by atoms with Gasteiger partial charge in [0.25, 0.3) is 0 Å². The van der Waals surface area contributed by atoms with Gasteiger partial charge in [-0.15, -0.1) is 0 Å². The number of hydrogen-bond donors (Lipinski definition) is 3. The van der Waals surface area contributed by atoms with Gasteiger partial charge in [0, 0.05) is 37.3 Å². The van der Waals surface area contributed by atoms with Gasteiger partial charge >= 0.3 is 0 Å². The summed E-state index contributed by atoms with van der Waals surface area (Å²) >= 11 is 0. The third-order valence-electron chi connectivity index (χ3n) is 8.44. The largest absolute Gasteiger partial charge is 0.504 e. The van der Waals surface area contributed by atoms with E-state index in [1.54, 1.807) is 30.7 Å². The highest BCUT2D eigenvalue weighted by Crippen LogP contribution is 2.46. The van der Waals surface area contributed by atoms with Gasteiger partial charge < -0.3 is 24.6 Å². The quantitative estimate of drug-likeness (QED) is 0.412. The van der Waals surface area contributed by atoms with Gasteiger partial charge in [-0.2, -0.15) is 0 Å². The van der Waals surface area contributed by atoms with E-state index in [4.69, 9.17) is 4.42 Å². The number of phenolic OH excluding ortho intramolecular Hbond substituents is 2. The summed E-state index contributed by atoms with van der Waals surface area (Å²) in [4.78, 5) is 17.1. The van der Waals surface area contributed by atoms with Crippen molar-refractivity contribution in [3.63, 3.8) is 0 Å². The van der Waals surface area contributed by atoms with Crippen LogP contribution in [0.5, 0.6) is 11.5 Å². The van der Waals surface area contributed by atoms with E-state index in [-0.39, 0.29) is 35.4 Å². The van der Waals surface area contributed by atoms with Crippen LogP contribution in [0.3, 0.4) is 0 Å². The molecule has 3 aliphatic rings. The third-order valence-corrected chi connectivity index (χ3v) is 8.44. The van der Waals surface area contributed by atoms with Crippen LogP contribution in [0, 0.1) is 11.8 Å². The molecule has 2 heterocycles. The van der Waals surface area contributed by atoms with Gasteiger partial charge in [-0.3, -0.25) is 9.69 Å². The average Bonchev–Trinajstić information content (AvgIpc) is 3.51. The number of carbonyl (C=O) groups excluding carboxylic acids is 1. The summed E-state index contributed by atoms with van der Waals surface area (Å²) < 4.78 is 5.06. The molecule has 7 heteroatoms. The Hall–Kier alpha value is -2.77. The molecule has 1 saturated heterocycles. The minimum absolute atomic E-state index is 0.0380. The zero-order valence-corrected chi connectivity index (χ0v) is 20.3. The molecule has 1 amide bonds. The van der Waals surface area contributed by atoms with E-state index in [0.717, 1.165) is 43.5 Å². The van der Waals surface area contributed by atoms with Crippen LogP contribution < -0.4 is 0 Å². The van der Waals surface area contributed by atoms with Crippen LogP contribution in [0.4, 0.5) is 0 Å². The van der Waals surface area contributed by atoms with Crippen molar-refractivity contribution in [3.05, 3.63) is 54.0 Å². The number of likely N-dealkylation sites (tertiary alicyclic amines) is 1. The molecular formula is C28H36N2O5. The number of hydrogen-bond acceptors (Lipinski definition) is 6. The van der Waals surface area contributed by atoms with E-state index in [0.29, 0.717) is 18.8 Å². The number of amides is 1. The maximum Gasteiger partial charge on any atom is 0.246 e. The lowest BCUT2D eigenvalue weighted by molar-refractivity contribution is -0.155. The number of nitrogens with zero attached hydrogens (tertiary/aromatic N) is 2. The van der Waals surface area contributed by atoms with Crippen molar-refractivity contribution in [3.8, 4) is 11.5 Å². The Morgan fingerprint density at radius 2 is 2.03 bits per heavy atom. The Bertz CT molecular complexity index is 1060. The lowest BCUT2D eigenvalue weighted by Gasteiger charge is -2.56. The molecule has 5 rings (SSSR count). The van der Waals surface area contributed by atoms with E-state index in [9.17, 15) is 20.1 Å². The highest BCUT2D eigenvalue weighted by Gasteiger charge is 2.53. The minimum atomic E-state index is -0.840. The van der Waals surface area contributed by atoms with Gasteiger partial charge in [0.05, 0.1) is 18.1 Å². The van der Waals surface area contributed by atoms with Crippen molar-refractivity contribution in [1.82, 2.24) is 9.80 Å². The summed E-state index contributed by atoms with van der Waals surface area (Å²) in [5.74, 6) is 0.541. The first-order valence-electron chi connectivity index (χ1n) is 12.8. The summed E-state index contributed by atoms with van der Waals surface area (Å²) in [7, 11) is 1.86. The minimum Gasteiger partial charge on any atom is -0.504 e. The molecule has 1 aromatic carbocycles. The first-order chi connectivity index (χ1) is 16.8. The van der Waals surface area contributed by atoms with Gasteiger partial charge in [-0.25, -0.2) is 0 Å². The molecule has 3 N–H and O–H groups in total. The maximum atomic E-state index is 12.8. The zero-order valence-electron chi connectivity index (χ0n) is 20.3. The highest BCUT2D eigenvalue weighted by atomic mass is 16.3. The second kappa shape index (κ2) is 9.70. The smallest absolute Gasteiger partial charge is 0.246 e. The Morgan fingerprint density at radius 1 is 1.20 bits per heavy atom. The number of phenols is 2. The van der Waals surface area contributed by atoms with Crippen LogP contribution >= 0.6 is 0 Å². The lowest BCUT2D eigenvalue weighted by Crippen LogP contribution is -2.65. The van der Waals surface area contributed by atoms with Crippen LogP contribution in [-0.2, 0) is 11.2 Å². The van der Waals surface area contributed by atoms with Gasteiger partial charge in [-0.05, 0) is 93.2 Å². The molecule has 2 aliphatic carbocycles. The Balaban J connectivity index is 1.31. The molecule has 0 radical (unpaired) electrons. The molecule has 2 aromatic rings. The number of benzene rings is 1. The Labute approximate surface area is 206 Å². The molecule has 0 bridgehead atoms. The summed E-state index contributed by atoms with van der Waals surface area (Å²) in [5, 5.41) is 31.9. The Morgan fingerprint density at radius 3 is 2.74 bits per heavy atom. The zero-order chi connectivity index (χ0) is 24.6. The van der Waals surface area contributed by atoms with E-state index in [2.05, 4.69) is 4.90 Å². The standard InChI is InChI=1S/C28H36N2O5/c1-29(27(33)7-5-20-10-13-35-18-20)23-8-11-28(34)22(16-23)9-12-30(17-19-2-3-19)26(28)15-21-4-6-24(31)25(32)14-21/h4-7,10,13-14,18-19,22-23,26,31-32,34H,2-3,8-9,11-12,15-17H2,1H3/b7-5+. The first kappa shape index (κ1) is 23.9. The van der Waals surface area contributed by atoms with Crippen LogP contribution in [0.25, 0.3) is 6.08 Å². The van der Waals surface area contributed by atoms with E-state index in [1.807, 2.05) is 24.1 Å². The molecule has 3 fully saturated rings. The van der Waals surface area contributed by atoms with Crippen molar-refractivity contribution in [2.45, 2.75) is 62.6 Å². The molecule has 188 valence electrons. The Kier molecular flexibility index (Phi) is 6.64. The fourth-order valence-corrected chi connectivity index (χ4v) is 6.11. The number of furan rings is 1. The molecular weight excluding hydrogens is 444 g/mol. The molecule has 1 aliphatic heterocycles. The molecule has 4 unspecified atom stereocenters. The number of aromatic hydroxyl groups is 2. The van der Waals surface area contributed by atoms with Crippen molar-refractivity contribution >= 4 is 12.0 Å². The highest BCUT2D eigenvalue weighted by molar-refractivity contribution is 5.91. The summed E-state index contributed by atoms with van der Waals surface area (Å²) in [6.45, 7) is 1.94. The van der Waals surface area contributed by atoms with E-state index < -0.39 is 5.60 Å². The van der Waals surface area contributed by atoms with Crippen LogP contribution in [0.2, 0.25) is 0 Å². The van der Waals surface area contributed by atoms with Crippen molar-refractivity contribution in [2.24, 2.45) is 11.8 Å². The molecule has 4 atom stereocenters. The first-order valence-corrected chi connectivity index (χ1v) is 12.8. The van der Waals surface area contributed by atoms with Crippen molar-refractivity contribution in [2.75, 3.05) is 20.1 Å². The number of fused-ring (bicyclic) bond motifs is 1. The van der Waals surface area contributed by atoms with E-state index >= 15 is 0 Å². The second-order valence-electron chi connectivity index (χ2n) is 10.7. The number of aliphatic hydroxyl groups is 1. The topological polar surface area (TPSA) is 97.4 Å². The number of carbonyl (C=O) groups is 1. The normalized spacial score (nSPS) is 29.3. The predicted molar refractivity (Wildman–Crippen MR) is 133 cm³/mol. The number of rotatable bonds is 7. The van der Waals surface area contributed by atoms with Crippen LogP contribution in [-0.4, -0.2) is 68.8 Å². The van der Waals surface area contributed by atoms with Gasteiger partial charge in [0.15, 0.2) is 11.5 Å². The number of likely N-dealkylation sites (N-methyl/N-ethyl adjacent to an activating group) is 1. The van der Waals surface area contributed by atoms with Gasteiger partial charge in [-0.1, -0.05) is 6.07 Å². The summed E-state index contributed by atoms with van der Waals surface area (Å²) in [5.41, 5.74) is 0.933. The molecule has 35 heavy (non-hydrogen) atoms. The second-order valence-corrected chi connectivity index (χ2v) is 10.7. The molecule has 0 spiro atoms. The SMILES string of the molecule is CN(C(=O)/C=C/c1ccoc1)C1CCC2(O)C(CCN(CC3CC3)C2Cc2ccc(O)c(O)c2)C1. The van der Waals surface area contributed by atoms with Crippen molar-refractivity contribution < 1.29 is 24.5 Å². The summed E-state index contributed by atoms with van der Waals surface area (Å²) in [6.07, 6.45) is 12.8. The monoisotopic (exact) mass is 480 g/mol. The fraction of sp³-hybridized carbons (Fsp3) is 0.536. The van der Waals surface area contributed by atoms with Gasteiger partial charge in [0.1, 0.15) is 0 Å². The fourth-order valence-electron chi connectivity index (χ4n) is 6.11. The van der Waals surface area contributed by atoms with Gasteiger partial charge in [0.2, 0.25) is 5.91 Å². The third kappa shape index (κ3) is 5.11. The summed E-state index contributed by atoms with van der Waals surface area (Å²) in [6, 6.07) is 6.83. The van der Waals surface area contributed by atoms with E-state index in [1.165, 1.54) is 18.9 Å². The molecule has 2 saturated carbocycles. The maximum absolute atomic E-state index is 12.8. The van der Waals surface area contributed by atoms with Crippen LogP contribution in [0.15, 0.2) is 47.3 Å². The van der Waals surface area contributed by atoms with Crippen molar-refractivity contribution in [1.29, 1.82) is 0 Å². The van der Waals surface area contributed by atoms with Crippen LogP contribution in [0.1, 0.15) is 49.7 Å². The molecule has 7 nitrogen and oxygen atoms in total. The predicted octanol–water partition coefficient (Wildman–Crippen LogP) is 3.79. The number of piperidine rings is 1. The lowest BCUT2D eigenvalue weighted by atomic mass is 9.64. The average molecular weight is 481 g/mol.